The van der Waals surface area contributed by atoms with Crippen molar-refractivity contribution < 1.29 is 19.7 Å². The highest BCUT2D eigenvalue weighted by Crippen LogP contribution is 2.33. The average Bonchev–Trinajstić information content (AvgIpc) is 2.76. The molecule has 1 aliphatic heterocycles. The summed E-state index contributed by atoms with van der Waals surface area (Å²) in [6.45, 7) is 9.57. The Bertz CT molecular complexity index is 534. The lowest BCUT2D eigenvalue weighted by atomic mass is 9.96. The van der Waals surface area contributed by atoms with E-state index in [1.54, 1.807) is 0 Å². The van der Waals surface area contributed by atoms with Gasteiger partial charge in [0, 0.05) is 24.2 Å². The molecule has 5 nitrogen and oxygen atoms in total. The molecular formula is C19H31NO4. The van der Waals surface area contributed by atoms with E-state index < -0.39 is 5.60 Å². The lowest BCUT2D eigenvalue weighted by molar-refractivity contribution is -0.0255. The van der Waals surface area contributed by atoms with Gasteiger partial charge in [0.1, 0.15) is 11.5 Å². The molecular weight excluding hydrogens is 306 g/mol. The van der Waals surface area contributed by atoms with Gasteiger partial charge in [0.15, 0.2) is 0 Å². The van der Waals surface area contributed by atoms with Crippen LogP contribution < -0.4 is 9.47 Å². The van der Waals surface area contributed by atoms with Crippen molar-refractivity contribution in [2.45, 2.75) is 52.2 Å². The Morgan fingerprint density at radius 2 is 1.88 bits per heavy atom. The minimum atomic E-state index is -0.924. The molecule has 1 aliphatic rings. The Labute approximate surface area is 145 Å². The molecule has 0 bridgehead atoms. The standard InChI is InChI=1S/C19H31NO4/c1-4-23-17-8-7-16(18(15(17)3)24-5-2)13-20-11-6-9-19(22,14-21)10-12-20/h7-8,21-22H,4-6,9-14H2,1-3H3/t19-/m1/s1. The highest BCUT2D eigenvalue weighted by atomic mass is 16.5. The first-order valence-corrected chi connectivity index (χ1v) is 8.96. The molecule has 2 rings (SSSR count). The van der Waals surface area contributed by atoms with E-state index in [2.05, 4.69) is 11.0 Å². The van der Waals surface area contributed by atoms with Crippen LogP contribution in [0, 0.1) is 6.92 Å². The molecule has 1 saturated heterocycles. The zero-order chi connectivity index (χ0) is 17.6. The highest BCUT2D eigenvalue weighted by molar-refractivity contribution is 5.49. The number of nitrogens with zero attached hydrogens (tertiary/aromatic N) is 1. The second-order valence-electron chi connectivity index (χ2n) is 6.56. The van der Waals surface area contributed by atoms with Gasteiger partial charge in [0.05, 0.1) is 25.4 Å². The van der Waals surface area contributed by atoms with Crippen LogP contribution in [0.25, 0.3) is 0 Å². The molecule has 5 heteroatoms. The SMILES string of the molecule is CCOc1ccc(CN2CCC[C@](O)(CO)CC2)c(OCC)c1C. The first kappa shape index (κ1) is 19.0. The Morgan fingerprint density at radius 3 is 2.54 bits per heavy atom. The van der Waals surface area contributed by atoms with Crippen molar-refractivity contribution in [2.75, 3.05) is 32.9 Å². The predicted molar refractivity (Wildman–Crippen MR) is 94.7 cm³/mol. The molecule has 0 spiro atoms. The fraction of sp³-hybridized carbons (Fsp3) is 0.684. The molecule has 0 saturated carbocycles. The van der Waals surface area contributed by atoms with Crippen LogP contribution in [0.1, 0.15) is 44.2 Å². The van der Waals surface area contributed by atoms with Crippen molar-refractivity contribution in [3.63, 3.8) is 0 Å². The van der Waals surface area contributed by atoms with Gasteiger partial charge in [-0.3, -0.25) is 4.90 Å². The molecule has 1 fully saturated rings. The predicted octanol–water partition coefficient (Wildman–Crippen LogP) is 2.50. The van der Waals surface area contributed by atoms with Crippen LogP contribution in [0.5, 0.6) is 11.5 Å². The van der Waals surface area contributed by atoms with Crippen molar-refractivity contribution in [2.24, 2.45) is 0 Å². The van der Waals surface area contributed by atoms with Gasteiger partial charge in [0.25, 0.3) is 0 Å². The smallest absolute Gasteiger partial charge is 0.130 e. The van der Waals surface area contributed by atoms with Gasteiger partial charge in [-0.2, -0.15) is 0 Å². The molecule has 1 aromatic rings. The Balaban J connectivity index is 2.15. The number of benzene rings is 1. The van der Waals surface area contributed by atoms with Crippen molar-refractivity contribution in [3.8, 4) is 11.5 Å². The lowest BCUT2D eigenvalue weighted by Crippen LogP contribution is -2.34. The molecule has 1 aromatic carbocycles. The number of aliphatic hydroxyl groups excluding tert-OH is 1. The van der Waals surface area contributed by atoms with Gasteiger partial charge in [-0.1, -0.05) is 6.07 Å². The molecule has 1 atom stereocenters. The van der Waals surface area contributed by atoms with E-state index in [9.17, 15) is 10.2 Å². The number of likely N-dealkylation sites (tertiary alicyclic amines) is 1. The summed E-state index contributed by atoms with van der Waals surface area (Å²) in [4.78, 5) is 2.32. The summed E-state index contributed by atoms with van der Waals surface area (Å²) in [6.07, 6.45) is 2.14. The Kier molecular flexibility index (Phi) is 6.90. The van der Waals surface area contributed by atoms with Crippen LogP contribution in [-0.2, 0) is 6.54 Å². The number of hydrogen-bond donors (Lipinski definition) is 2. The van der Waals surface area contributed by atoms with E-state index in [0.29, 0.717) is 26.1 Å². The molecule has 1 heterocycles. The lowest BCUT2D eigenvalue weighted by Gasteiger charge is -2.25. The normalized spacial score (nSPS) is 22.2. The van der Waals surface area contributed by atoms with E-state index in [1.165, 1.54) is 0 Å². The van der Waals surface area contributed by atoms with Crippen molar-refractivity contribution >= 4 is 0 Å². The van der Waals surface area contributed by atoms with Crippen LogP contribution in [-0.4, -0.2) is 53.6 Å². The van der Waals surface area contributed by atoms with Crippen LogP contribution in [0.4, 0.5) is 0 Å². The zero-order valence-corrected chi connectivity index (χ0v) is 15.2. The van der Waals surface area contributed by atoms with E-state index >= 15 is 0 Å². The van der Waals surface area contributed by atoms with Crippen molar-refractivity contribution in [1.29, 1.82) is 0 Å². The van der Waals surface area contributed by atoms with E-state index in [1.807, 2.05) is 26.8 Å². The maximum atomic E-state index is 10.3. The topological polar surface area (TPSA) is 62.2 Å². The maximum Gasteiger partial charge on any atom is 0.130 e. The summed E-state index contributed by atoms with van der Waals surface area (Å²) < 4.78 is 11.6. The third-order valence-electron chi connectivity index (χ3n) is 4.72. The quantitative estimate of drug-likeness (QED) is 0.800. The van der Waals surface area contributed by atoms with E-state index in [4.69, 9.17) is 9.47 Å². The Hall–Kier alpha value is -1.30. The summed E-state index contributed by atoms with van der Waals surface area (Å²) in [5.74, 6) is 1.78. The molecule has 0 amide bonds. The molecule has 24 heavy (non-hydrogen) atoms. The number of ether oxygens (including phenoxy) is 2. The molecule has 2 N–H and O–H groups in total. The first-order chi connectivity index (χ1) is 11.5. The van der Waals surface area contributed by atoms with Crippen molar-refractivity contribution in [1.82, 2.24) is 4.90 Å². The van der Waals surface area contributed by atoms with Crippen molar-refractivity contribution in [3.05, 3.63) is 23.3 Å². The van der Waals surface area contributed by atoms with Gasteiger partial charge >= 0.3 is 0 Å². The van der Waals surface area contributed by atoms with Gasteiger partial charge in [-0.15, -0.1) is 0 Å². The molecule has 0 unspecified atom stereocenters. The van der Waals surface area contributed by atoms with Gasteiger partial charge < -0.3 is 19.7 Å². The minimum absolute atomic E-state index is 0.160. The average molecular weight is 337 g/mol. The molecule has 0 aromatic heterocycles. The van der Waals surface area contributed by atoms with Crippen LogP contribution in [0.15, 0.2) is 12.1 Å². The van der Waals surface area contributed by atoms with Crippen LogP contribution in [0.3, 0.4) is 0 Å². The van der Waals surface area contributed by atoms with Crippen LogP contribution in [0.2, 0.25) is 0 Å². The van der Waals surface area contributed by atoms with Gasteiger partial charge in [-0.25, -0.2) is 0 Å². The van der Waals surface area contributed by atoms with Crippen LogP contribution >= 0.6 is 0 Å². The second-order valence-corrected chi connectivity index (χ2v) is 6.56. The minimum Gasteiger partial charge on any atom is -0.493 e. The van der Waals surface area contributed by atoms with Gasteiger partial charge in [0.2, 0.25) is 0 Å². The van der Waals surface area contributed by atoms with Gasteiger partial charge in [-0.05, 0) is 52.6 Å². The number of aliphatic hydroxyl groups is 2. The monoisotopic (exact) mass is 337 g/mol. The van der Waals surface area contributed by atoms with E-state index in [-0.39, 0.29) is 6.61 Å². The summed E-state index contributed by atoms with van der Waals surface area (Å²) in [6, 6.07) is 4.09. The Morgan fingerprint density at radius 1 is 1.12 bits per heavy atom. The summed E-state index contributed by atoms with van der Waals surface area (Å²) in [7, 11) is 0. The number of hydrogen-bond acceptors (Lipinski definition) is 5. The zero-order valence-electron chi connectivity index (χ0n) is 15.2. The summed E-state index contributed by atoms with van der Waals surface area (Å²) in [5.41, 5.74) is 1.26. The largest absolute Gasteiger partial charge is 0.493 e. The third-order valence-corrected chi connectivity index (χ3v) is 4.72. The summed E-state index contributed by atoms with van der Waals surface area (Å²) in [5, 5.41) is 19.7. The molecule has 136 valence electrons. The molecule has 0 radical (unpaired) electrons. The second kappa shape index (κ2) is 8.70. The number of rotatable bonds is 7. The molecule has 0 aliphatic carbocycles. The highest BCUT2D eigenvalue weighted by Gasteiger charge is 2.29. The maximum absolute atomic E-state index is 10.3. The third kappa shape index (κ3) is 4.62. The first-order valence-electron chi connectivity index (χ1n) is 8.96. The van der Waals surface area contributed by atoms with E-state index in [0.717, 1.165) is 48.7 Å². The fourth-order valence-corrected chi connectivity index (χ4v) is 3.30. The summed E-state index contributed by atoms with van der Waals surface area (Å²) >= 11 is 0. The fourth-order valence-electron chi connectivity index (χ4n) is 3.30.